The fourth-order valence-corrected chi connectivity index (χ4v) is 5.80. The monoisotopic (exact) mass is 494 g/mol. The van der Waals surface area contributed by atoms with Gasteiger partial charge in [0.25, 0.3) is 12.0 Å². The van der Waals surface area contributed by atoms with E-state index in [1.165, 1.54) is 0 Å². The summed E-state index contributed by atoms with van der Waals surface area (Å²) in [5.41, 5.74) is 12.9. The average molecular weight is 495 g/mol. The number of hydrogen-bond acceptors (Lipinski definition) is 6. The number of fused-ring (bicyclic) bond motifs is 3. The molecule has 1 spiro atoms. The van der Waals surface area contributed by atoms with Crippen LogP contribution in [0.5, 0.6) is 0 Å². The number of aromatic nitrogens is 4. The van der Waals surface area contributed by atoms with Crippen LogP contribution in [0.1, 0.15) is 31.6 Å². The summed E-state index contributed by atoms with van der Waals surface area (Å²) in [6.07, 6.45) is 4.17. The number of benzene rings is 2. The van der Waals surface area contributed by atoms with Gasteiger partial charge in [-0.25, -0.2) is 9.38 Å². The van der Waals surface area contributed by atoms with Gasteiger partial charge in [-0.05, 0) is 30.2 Å². The molecule has 2 fully saturated rings. The lowest BCUT2D eigenvalue weighted by molar-refractivity contribution is -0.511. The zero-order valence-corrected chi connectivity index (χ0v) is 20.5. The van der Waals surface area contributed by atoms with Crippen LogP contribution >= 0.6 is 0 Å². The fraction of sp³-hybridized carbons (Fsp3) is 0.276. The second kappa shape index (κ2) is 8.16. The van der Waals surface area contributed by atoms with Gasteiger partial charge in [0.2, 0.25) is 6.23 Å². The molecule has 37 heavy (non-hydrogen) atoms. The lowest BCUT2D eigenvalue weighted by Gasteiger charge is -2.50. The first-order valence-corrected chi connectivity index (χ1v) is 12.6. The number of nitrogens with two attached hydrogens (primary N) is 1. The zero-order chi connectivity index (χ0) is 25.2. The van der Waals surface area contributed by atoms with Crippen LogP contribution in [0, 0.1) is 0 Å². The van der Waals surface area contributed by atoms with E-state index in [1.807, 2.05) is 34.9 Å². The quantitative estimate of drug-likeness (QED) is 0.370. The summed E-state index contributed by atoms with van der Waals surface area (Å²) in [4.78, 5) is 5.13. The third-order valence-corrected chi connectivity index (χ3v) is 7.60. The van der Waals surface area contributed by atoms with Crippen molar-refractivity contribution >= 4 is 16.6 Å². The molecule has 5 aromatic rings. The van der Waals surface area contributed by atoms with Gasteiger partial charge >= 0.3 is 0 Å². The number of aliphatic hydroxyl groups is 1. The highest BCUT2D eigenvalue weighted by Gasteiger charge is 2.57. The molecular weight excluding hydrogens is 466 g/mol. The van der Waals surface area contributed by atoms with Crippen molar-refractivity contribution in [3.63, 3.8) is 0 Å². The molecule has 0 amide bonds. The van der Waals surface area contributed by atoms with Gasteiger partial charge in [-0.15, -0.1) is 0 Å². The predicted octanol–water partition coefficient (Wildman–Crippen LogP) is 3.71. The summed E-state index contributed by atoms with van der Waals surface area (Å²) in [6, 6.07) is 22.7. The van der Waals surface area contributed by atoms with Crippen molar-refractivity contribution in [2.24, 2.45) is 5.73 Å². The first-order valence-electron chi connectivity index (χ1n) is 12.6. The van der Waals surface area contributed by atoms with Gasteiger partial charge in [0.05, 0.1) is 41.5 Å². The Balaban J connectivity index is 1.35. The minimum absolute atomic E-state index is 0.454. The largest absolute Gasteiger partial charge is 0.359 e. The Labute approximate surface area is 213 Å². The molecule has 3 aromatic heterocycles. The zero-order valence-electron chi connectivity index (χ0n) is 20.5. The molecular formula is C29H28N5O3+. The molecule has 1 aliphatic heterocycles. The van der Waals surface area contributed by atoms with Gasteiger partial charge in [-0.1, -0.05) is 59.3 Å². The van der Waals surface area contributed by atoms with Crippen LogP contribution in [0.25, 0.3) is 38.9 Å². The van der Waals surface area contributed by atoms with Crippen molar-refractivity contribution in [1.82, 2.24) is 14.8 Å². The van der Waals surface area contributed by atoms with E-state index in [2.05, 4.69) is 47.6 Å². The smallest absolute Gasteiger partial charge is 0.277 e. The Hall–Kier alpha value is -3.69. The maximum absolute atomic E-state index is 10.3. The van der Waals surface area contributed by atoms with Gasteiger partial charge in [0.15, 0.2) is 5.79 Å². The van der Waals surface area contributed by atoms with Crippen molar-refractivity contribution in [2.45, 2.75) is 37.3 Å². The second-order valence-corrected chi connectivity index (χ2v) is 10.1. The summed E-state index contributed by atoms with van der Waals surface area (Å²) >= 11 is 0. The molecule has 1 aliphatic carbocycles. The Morgan fingerprint density at radius 2 is 1.73 bits per heavy atom. The molecule has 0 radical (unpaired) electrons. The van der Waals surface area contributed by atoms with E-state index >= 15 is 0 Å². The third kappa shape index (κ3) is 3.56. The highest BCUT2D eigenvalue weighted by atomic mass is 16.7. The lowest BCUT2D eigenvalue weighted by atomic mass is 9.68. The first kappa shape index (κ1) is 22.5. The Morgan fingerprint density at radius 3 is 2.43 bits per heavy atom. The van der Waals surface area contributed by atoms with Gasteiger partial charge in [0, 0.05) is 29.1 Å². The Bertz CT molecular complexity index is 1620. The minimum atomic E-state index is -0.766. The molecule has 1 atom stereocenters. The second-order valence-electron chi connectivity index (χ2n) is 10.1. The first-order chi connectivity index (χ1) is 17.9. The number of hydrogen-bond donors (Lipinski definition) is 2. The summed E-state index contributed by atoms with van der Waals surface area (Å²) in [5.74, 6) is -0.504. The van der Waals surface area contributed by atoms with E-state index in [0.29, 0.717) is 26.1 Å². The molecule has 1 saturated heterocycles. The molecule has 1 unspecified atom stereocenters. The van der Waals surface area contributed by atoms with Crippen LogP contribution in [0.15, 0.2) is 79.3 Å². The topological polar surface area (TPSA) is 99.5 Å². The molecule has 186 valence electrons. The van der Waals surface area contributed by atoms with Crippen LogP contribution in [0.2, 0.25) is 0 Å². The summed E-state index contributed by atoms with van der Waals surface area (Å²) in [5, 5.41) is 15.6. The van der Waals surface area contributed by atoms with Crippen molar-refractivity contribution in [2.75, 3.05) is 13.2 Å². The van der Waals surface area contributed by atoms with Crippen LogP contribution in [0.3, 0.4) is 0 Å². The number of aliphatic hydroxyl groups excluding tert-OH is 1. The van der Waals surface area contributed by atoms with E-state index in [0.717, 1.165) is 44.5 Å². The molecule has 4 heterocycles. The van der Waals surface area contributed by atoms with Crippen molar-refractivity contribution in [3.8, 4) is 22.4 Å². The standard InChI is InChI=1S/C29H28N5O3/c1-19(35)34-27-24-15-23(20-5-3-2-4-6-20)26(32-25(24)11-12-33(27)18-31-34)21-7-9-22(10-8-21)28(30)16-29(17-28)36-13-14-37-29/h2-12,15,18-19,35H,13-14,16-17,30H2,1H3/q+1. The van der Waals surface area contributed by atoms with E-state index < -0.39 is 17.6 Å². The number of rotatable bonds is 4. The van der Waals surface area contributed by atoms with Gasteiger partial charge < -0.3 is 20.3 Å². The van der Waals surface area contributed by atoms with Crippen LogP contribution in [-0.4, -0.2) is 38.9 Å². The molecule has 2 aliphatic rings. The van der Waals surface area contributed by atoms with Crippen molar-refractivity contribution in [1.29, 1.82) is 0 Å². The molecule has 7 rings (SSSR count). The summed E-state index contributed by atoms with van der Waals surface area (Å²) in [7, 11) is 0. The van der Waals surface area contributed by atoms with E-state index in [9.17, 15) is 5.11 Å². The van der Waals surface area contributed by atoms with E-state index in [4.69, 9.17) is 20.2 Å². The van der Waals surface area contributed by atoms with Crippen molar-refractivity contribution in [3.05, 3.63) is 84.8 Å². The minimum Gasteiger partial charge on any atom is -0.359 e. The highest BCUT2D eigenvalue weighted by Crippen LogP contribution is 2.51. The molecule has 2 aromatic carbocycles. The SMILES string of the molecule is CC(O)n1nc[n+]2ccc3nc(-c4ccc(C5(N)CC6(C5)OCCO6)cc4)c(-c4ccccc4)cc3c12. The Kier molecular flexibility index (Phi) is 4.96. The molecule has 3 N–H and O–H groups in total. The third-order valence-electron chi connectivity index (χ3n) is 7.60. The highest BCUT2D eigenvalue weighted by molar-refractivity contribution is 5.97. The lowest BCUT2D eigenvalue weighted by Crippen LogP contribution is -2.60. The molecule has 0 bridgehead atoms. The number of pyridine rings is 2. The van der Waals surface area contributed by atoms with E-state index in [-0.39, 0.29) is 0 Å². The normalized spacial score (nSPS) is 18.9. The summed E-state index contributed by atoms with van der Waals surface area (Å²) < 4.78 is 15.1. The van der Waals surface area contributed by atoms with Gasteiger partial charge in [-0.3, -0.25) is 0 Å². The molecule has 8 heteroatoms. The van der Waals surface area contributed by atoms with E-state index in [1.54, 1.807) is 17.9 Å². The van der Waals surface area contributed by atoms with Crippen LogP contribution < -0.4 is 10.1 Å². The molecule has 8 nitrogen and oxygen atoms in total. The van der Waals surface area contributed by atoms with Crippen LogP contribution in [-0.2, 0) is 15.0 Å². The van der Waals surface area contributed by atoms with Gasteiger partial charge in [0.1, 0.15) is 0 Å². The maximum Gasteiger partial charge on any atom is 0.277 e. The van der Waals surface area contributed by atoms with Crippen molar-refractivity contribution < 1.29 is 19.0 Å². The van der Waals surface area contributed by atoms with Crippen LogP contribution in [0.4, 0.5) is 0 Å². The maximum atomic E-state index is 10.3. The molecule has 1 saturated carbocycles. The Morgan fingerprint density at radius 1 is 1.00 bits per heavy atom. The number of ether oxygens (including phenoxy) is 2. The summed E-state index contributed by atoms with van der Waals surface area (Å²) in [6.45, 7) is 2.97. The average Bonchev–Trinajstić information content (AvgIpc) is 3.56. The fourth-order valence-electron chi connectivity index (χ4n) is 5.80. The predicted molar refractivity (Wildman–Crippen MR) is 138 cm³/mol. The number of nitrogens with zero attached hydrogens (tertiary/aromatic N) is 4. The van der Waals surface area contributed by atoms with Gasteiger partial charge in [-0.2, -0.15) is 0 Å².